The third-order valence-corrected chi connectivity index (χ3v) is 9.48. The molecule has 218 valence electrons. The fraction of sp³-hybridized carbons (Fsp3) is 0.400. The number of carbonyl (C=O) groups excluding carboxylic acids is 1. The number of ether oxygens (including phenoxy) is 2. The second-order valence-electron chi connectivity index (χ2n) is 10.4. The summed E-state index contributed by atoms with van der Waals surface area (Å²) in [7, 11) is -4.15. The molecule has 0 aliphatic carbocycles. The molecular weight excluding hydrogens is 569 g/mol. The Morgan fingerprint density at radius 1 is 1.24 bits per heavy atom. The Balaban J connectivity index is 1.61. The molecule has 1 unspecified atom stereocenters. The molecule has 8 nitrogen and oxygen atoms in total. The summed E-state index contributed by atoms with van der Waals surface area (Å²) < 4.78 is 58.6. The van der Waals surface area contributed by atoms with Gasteiger partial charge in [0, 0.05) is 18.5 Å². The minimum absolute atomic E-state index is 0.000839. The van der Waals surface area contributed by atoms with Gasteiger partial charge in [0.05, 0.1) is 29.6 Å². The molecule has 0 bridgehead atoms. The number of halogens is 2. The molecule has 0 saturated carbocycles. The fourth-order valence-electron chi connectivity index (χ4n) is 5.40. The maximum absolute atomic E-state index is 14.6. The first-order chi connectivity index (χ1) is 19.6. The fourth-order valence-corrected chi connectivity index (χ4v) is 7.52. The SMILES string of the molecule is CCOc1nn2c(c1S(=O)(=O)N1CC(CCC(C)=O)Oc3ccc(C=C(C)c4c(F)cccc4Cl)cc31)CCCC2. The highest BCUT2D eigenvalue weighted by Crippen LogP contribution is 2.42. The minimum Gasteiger partial charge on any atom is -0.486 e. The van der Waals surface area contributed by atoms with E-state index in [0.29, 0.717) is 47.7 Å². The monoisotopic (exact) mass is 601 g/mol. The Bertz CT molecular complexity index is 1600. The number of anilines is 1. The molecule has 2 aliphatic heterocycles. The quantitative estimate of drug-likeness (QED) is 0.268. The Kier molecular flexibility index (Phi) is 8.42. The lowest BCUT2D eigenvalue weighted by Crippen LogP contribution is -2.44. The van der Waals surface area contributed by atoms with Gasteiger partial charge in [-0.3, -0.25) is 8.99 Å². The Hall–Kier alpha value is -3.37. The van der Waals surface area contributed by atoms with Gasteiger partial charge >= 0.3 is 0 Å². The van der Waals surface area contributed by atoms with Gasteiger partial charge in [0.1, 0.15) is 23.5 Å². The van der Waals surface area contributed by atoms with Crippen LogP contribution in [0.3, 0.4) is 0 Å². The van der Waals surface area contributed by atoms with Gasteiger partial charge in [-0.15, -0.1) is 5.10 Å². The molecule has 0 fully saturated rings. The van der Waals surface area contributed by atoms with Crippen LogP contribution in [-0.4, -0.2) is 43.2 Å². The third-order valence-electron chi connectivity index (χ3n) is 7.32. The number of ketones is 1. The van der Waals surface area contributed by atoms with Crippen molar-refractivity contribution in [2.45, 2.75) is 70.4 Å². The van der Waals surface area contributed by atoms with Gasteiger partial charge in [0.25, 0.3) is 15.9 Å². The smallest absolute Gasteiger partial charge is 0.271 e. The normalized spacial score (nSPS) is 17.0. The molecule has 1 aromatic heterocycles. The van der Waals surface area contributed by atoms with E-state index in [2.05, 4.69) is 5.10 Å². The summed E-state index contributed by atoms with van der Waals surface area (Å²) in [4.78, 5) is 11.8. The van der Waals surface area contributed by atoms with Crippen molar-refractivity contribution in [2.75, 3.05) is 17.5 Å². The first-order valence-electron chi connectivity index (χ1n) is 13.8. The highest BCUT2D eigenvalue weighted by atomic mass is 35.5. The number of rotatable bonds is 9. The Morgan fingerprint density at radius 3 is 2.78 bits per heavy atom. The summed E-state index contributed by atoms with van der Waals surface area (Å²) in [5.74, 6) is 0.0327. The van der Waals surface area contributed by atoms with Crippen molar-refractivity contribution in [2.24, 2.45) is 0 Å². The van der Waals surface area contributed by atoms with Crippen molar-refractivity contribution in [1.29, 1.82) is 0 Å². The maximum atomic E-state index is 14.6. The van der Waals surface area contributed by atoms with Crippen molar-refractivity contribution in [3.63, 3.8) is 0 Å². The van der Waals surface area contributed by atoms with Crippen LogP contribution >= 0.6 is 11.6 Å². The molecule has 3 heterocycles. The molecule has 5 rings (SSSR count). The lowest BCUT2D eigenvalue weighted by Gasteiger charge is -2.36. The van der Waals surface area contributed by atoms with Crippen molar-refractivity contribution in [1.82, 2.24) is 9.78 Å². The van der Waals surface area contributed by atoms with Crippen LogP contribution < -0.4 is 13.8 Å². The molecule has 0 saturated heterocycles. The third kappa shape index (κ3) is 5.85. The van der Waals surface area contributed by atoms with Crippen molar-refractivity contribution < 1.29 is 27.1 Å². The maximum Gasteiger partial charge on any atom is 0.271 e. The molecule has 0 N–H and O–H groups in total. The predicted octanol–water partition coefficient (Wildman–Crippen LogP) is 6.30. The number of carbonyl (C=O) groups is 1. The molecule has 0 radical (unpaired) electrons. The molecule has 1 atom stereocenters. The summed E-state index contributed by atoms with van der Waals surface area (Å²) in [6, 6.07) is 9.71. The van der Waals surface area contributed by atoms with Crippen LogP contribution in [0, 0.1) is 5.82 Å². The second-order valence-corrected chi connectivity index (χ2v) is 12.6. The lowest BCUT2D eigenvalue weighted by atomic mass is 10.0. The van der Waals surface area contributed by atoms with Gasteiger partial charge < -0.3 is 14.3 Å². The molecule has 3 aromatic rings. The van der Waals surface area contributed by atoms with E-state index in [-0.39, 0.29) is 46.7 Å². The van der Waals surface area contributed by atoms with Gasteiger partial charge in [-0.25, -0.2) is 12.8 Å². The number of Topliss-reactive ketones (excluding diaryl/α,β-unsaturated/α-hetero) is 1. The van der Waals surface area contributed by atoms with Crippen molar-refractivity contribution in [3.8, 4) is 11.6 Å². The van der Waals surface area contributed by atoms with Crippen LogP contribution in [0.4, 0.5) is 10.1 Å². The van der Waals surface area contributed by atoms with E-state index >= 15 is 0 Å². The first kappa shape index (κ1) is 29.1. The number of sulfonamides is 1. The van der Waals surface area contributed by atoms with E-state index in [1.807, 2.05) is 0 Å². The van der Waals surface area contributed by atoms with Crippen LogP contribution in [0.25, 0.3) is 11.6 Å². The van der Waals surface area contributed by atoms with Gasteiger partial charge in [-0.1, -0.05) is 29.8 Å². The number of benzene rings is 2. The number of fused-ring (bicyclic) bond motifs is 2. The van der Waals surface area contributed by atoms with E-state index in [1.54, 1.807) is 54.9 Å². The summed E-state index contributed by atoms with van der Waals surface area (Å²) in [6.45, 7) is 5.95. The average molecular weight is 602 g/mol. The number of hydrogen-bond donors (Lipinski definition) is 0. The molecule has 11 heteroatoms. The van der Waals surface area contributed by atoms with Gasteiger partial charge in [0.15, 0.2) is 4.90 Å². The highest BCUT2D eigenvalue weighted by Gasteiger charge is 2.40. The van der Waals surface area contributed by atoms with Gasteiger partial charge in [0.2, 0.25) is 0 Å². The zero-order chi connectivity index (χ0) is 29.3. The van der Waals surface area contributed by atoms with Crippen LogP contribution in [-0.2, 0) is 27.8 Å². The Labute approximate surface area is 244 Å². The summed E-state index contributed by atoms with van der Waals surface area (Å²) >= 11 is 6.28. The topological polar surface area (TPSA) is 90.7 Å². The van der Waals surface area contributed by atoms with Crippen LogP contribution in [0.2, 0.25) is 5.02 Å². The molecule has 0 amide bonds. The van der Waals surface area contributed by atoms with E-state index < -0.39 is 21.9 Å². The highest BCUT2D eigenvalue weighted by molar-refractivity contribution is 7.93. The molecule has 2 aromatic carbocycles. The van der Waals surface area contributed by atoms with E-state index in [9.17, 15) is 17.6 Å². The number of aryl methyl sites for hydroxylation is 1. The molecule has 0 spiro atoms. The minimum atomic E-state index is -4.15. The first-order valence-corrected chi connectivity index (χ1v) is 15.6. The zero-order valence-electron chi connectivity index (χ0n) is 23.3. The number of allylic oxidation sites excluding steroid dienone is 1. The zero-order valence-corrected chi connectivity index (χ0v) is 24.9. The standard InChI is InChI=1S/C30H33ClFN3O5S/c1-4-39-30-29(25-10-5-6-15-34(25)33-30)41(37,38)35-18-22(13-11-20(3)36)40-27-14-12-21(17-26(27)35)16-19(2)28-23(31)8-7-9-24(28)32/h7-9,12,14,16-17,22H,4-6,10-11,13,15,18H2,1-3H3. The van der Waals surface area contributed by atoms with E-state index in [4.69, 9.17) is 21.1 Å². The number of hydrogen-bond acceptors (Lipinski definition) is 6. The largest absolute Gasteiger partial charge is 0.486 e. The van der Waals surface area contributed by atoms with E-state index in [1.165, 1.54) is 17.3 Å². The summed E-state index contributed by atoms with van der Waals surface area (Å²) in [6.07, 6.45) is 4.21. The van der Waals surface area contributed by atoms with Crippen LogP contribution in [0.15, 0.2) is 41.3 Å². The summed E-state index contributed by atoms with van der Waals surface area (Å²) in [5.41, 5.74) is 2.50. The number of aromatic nitrogens is 2. The molecular formula is C30H33ClFN3O5S. The lowest BCUT2D eigenvalue weighted by molar-refractivity contribution is -0.117. The summed E-state index contributed by atoms with van der Waals surface area (Å²) in [5, 5.41) is 4.78. The average Bonchev–Trinajstić information content (AvgIpc) is 3.30. The van der Waals surface area contributed by atoms with Crippen molar-refractivity contribution >= 4 is 44.7 Å². The second kappa shape index (κ2) is 11.9. The number of nitrogens with zero attached hydrogens (tertiary/aromatic N) is 3. The molecule has 2 aliphatic rings. The van der Waals surface area contributed by atoms with Gasteiger partial charge in [-0.2, -0.15) is 0 Å². The molecule has 41 heavy (non-hydrogen) atoms. The van der Waals surface area contributed by atoms with E-state index in [0.717, 1.165) is 12.8 Å². The van der Waals surface area contributed by atoms with Crippen molar-refractivity contribution in [3.05, 3.63) is 64.1 Å². The van der Waals surface area contributed by atoms with Crippen LogP contribution in [0.5, 0.6) is 11.6 Å². The Morgan fingerprint density at radius 2 is 2.05 bits per heavy atom. The van der Waals surface area contributed by atoms with Gasteiger partial charge in [-0.05, 0) is 81.9 Å². The predicted molar refractivity (Wildman–Crippen MR) is 157 cm³/mol. The van der Waals surface area contributed by atoms with Crippen LogP contribution in [0.1, 0.15) is 63.3 Å².